The molecule has 16 nitrogen and oxygen atoms in total. The number of aliphatic hydroxyl groups is 1. The molecule has 0 radical (unpaired) electrons. The first-order chi connectivity index (χ1) is 26.0. The zero-order valence-corrected chi connectivity index (χ0v) is 31.1. The highest BCUT2D eigenvalue weighted by Gasteiger charge is 2.46. The number of aryl methyl sites for hydroxylation is 1. The fourth-order valence-corrected chi connectivity index (χ4v) is 7.58. The minimum absolute atomic E-state index is 0.0400. The Balaban J connectivity index is 1.23. The van der Waals surface area contributed by atoms with Crippen LogP contribution < -0.4 is 26.8 Å². The SMILES string of the molecule is CC[C@@]1(O)C(=O)OCc2c1cc1n(c2=O)Cc2c-1nc1cc(F)c(C)c3c1c2[C@@H](NC(=O)[C@H](C)NC(=O)[C@H](C)NC(=O)[C@H](C)NC(=O)CCCC(=O)O)CC3. The Hall–Kier alpha value is -5.71. The molecule has 2 aliphatic heterocycles. The van der Waals surface area contributed by atoms with Crippen LogP contribution in [0.1, 0.15) is 99.2 Å². The molecule has 3 aliphatic rings. The number of halogens is 1. The van der Waals surface area contributed by atoms with E-state index in [4.69, 9.17) is 14.8 Å². The molecule has 4 amide bonds. The van der Waals surface area contributed by atoms with Crippen molar-refractivity contribution in [2.75, 3.05) is 0 Å². The summed E-state index contributed by atoms with van der Waals surface area (Å²) in [4.78, 5) is 93.5. The van der Waals surface area contributed by atoms with E-state index in [1.54, 1.807) is 19.9 Å². The van der Waals surface area contributed by atoms with Crippen molar-refractivity contribution in [2.45, 2.75) is 116 Å². The summed E-state index contributed by atoms with van der Waals surface area (Å²) in [6.07, 6.45) is 0.552. The standard InChI is InChI=1S/C38H43FN6O10/c1-6-38(54)23-12-27-32-21(14-45(27)36(52)22(23)15-55-37(38)53)31-25(11-10-20-16(2)24(39)13-26(43-32)30(20)31)44-35(51)19(5)42-34(50)18(4)41-33(49)17(3)40-28(46)8-7-9-29(47)48/h12-13,17-19,25,54H,6-11,14-15H2,1-5H3,(H,40,46)(H,41,49)(H,42,50)(H,44,51)(H,47,48)/t17-,18-,19-,25-,38-/m0/s1. The summed E-state index contributed by atoms with van der Waals surface area (Å²) >= 11 is 0. The topological polar surface area (TPSA) is 235 Å². The fraction of sp³-hybridized carbons (Fsp3) is 0.474. The Morgan fingerprint density at radius 1 is 0.982 bits per heavy atom. The summed E-state index contributed by atoms with van der Waals surface area (Å²) in [5.74, 6) is -4.76. The Labute approximate surface area is 314 Å². The number of benzene rings is 1. The van der Waals surface area contributed by atoms with Crippen LogP contribution in [0.15, 0.2) is 16.9 Å². The molecule has 6 rings (SSSR count). The van der Waals surface area contributed by atoms with Crippen molar-refractivity contribution < 1.29 is 48.1 Å². The Kier molecular flexibility index (Phi) is 10.5. The average Bonchev–Trinajstić information content (AvgIpc) is 3.50. The van der Waals surface area contributed by atoms with Crippen molar-refractivity contribution in [3.05, 3.63) is 61.7 Å². The van der Waals surface area contributed by atoms with Gasteiger partial charge in [-0.05, 0) is 76.1 Å². The number of carbonyl (C=O) groups is 6. The van der Waals surface area contributed by atoms with E-state index in [1.807, 2.05) is 0 Å². The lowest BCUT2D eigenvalue weighted by atomic mass is 9.81. The molecular weight excluding hydrogens is 719 g/mol. The van der Waals surface area contributed by atoms with Gasteiger partial charge in [-0.15, -0.1) is 0 Å². The van der Waals surface area contributed by atoms with Crippen molar-refractivity contribution in [3.8, 4) is 11.4 Å². The number of cyclic esters (lactones) is 1. The van der Waals surface area contributed by atoms with E-state index in [1.165, 1.54) is 31.4 Å². The van der Waals surface area contributed by atoms with Crippen LogP contribution in [0, 0.1) is 12.7 Å². The number of hydrogen-bond acceptors (Lipinski definition) is 10. The number of ether oxygens (including phenoxy) is 1. The molecule has 0 bridgehead atoms. The number of aliphatic carboxylic acids is 1. The molecule has 1 aliphatic carbocycles. The maximum Gasteiger partial charge on any atom is 0.343 e. The predicted molar refractivity (Wildman–Crippen MR) is 193 cm³/mol. The van der Waals surface area contributed by atoms with Gasteiger partial charge in [0, 0.05) is 35.4 Å². The molecule has 3 aromatic rings. The predicted octanol–water partition coefficient (Wildman–Crippen LogP) is 1.40. The molecule has 6 N–H and O–H groups in total. The average molecular weight is 763 g/mol. The van der Waals surface area contributed by atoms with Crippen LogP contribution in [-0.4, -0.2) is 73.5 Å². The number of esters is 1. The van der Waals surface area contributed by atoms with E-state index in [2.05, 4.69) is 21.3 Å². The van der Waals surface area contributed by atoms with Gasteiger partial charge in [0.15, 0.2) is 5.60 Å². The number of nitrogens with one attached hydrogen (secondary N) is 4. The van der Waals surface area contributed by atoms with Gasteiger partial charge in [-0.25, -0.2) is 14.2 Å². The van der Waals surface area contributed by atoms with E-state index in [0.717, 1.165) is 5.56 Å². The lowest BCUT2D eigenvalue weighted by molar-refractivity contribution is -0.172. The van der Waals surface area contributed by atoms with Gasteiger partial charge in [-0.1, -0.05) is 6.92 Å². The first-order valence-electron chi connectivity index (χ1n) is 18.2. The number of aromatic nitrogens is 2. The molecule has 2 aromatic heterocycles. The summed E-state index contributed by atoms with van der Waals surface area (Å²) < 4.78 is 21.9. The van der Waals surface area contributed by atoms with Crippen molar-refractivity contribution in [1.29, 1.82) is 0 Å². The minimum Gasteiger partial charge on any atom is -0.481 e. The Morgan fingerprint density at radius 3 is 2.29 bits per heavy atom. The van der Waals surface area contributed by atoms with E-state index >= 15 is 4.39 Å². The summed E-state index contributed by atoms with van der Waals surface area (Å²) in [5.41, 5.74) is 1.20. The minimum atomic E-state index is -2.04. The zero-order valence-electron chi connectivity index (χ0n) is 31.1. The number of rotatable bonds is 12. The lowest BCUT2D eigenvalue weighted by Gasteiger charge is -2.31. The molecule has 17 heteroatoms. The van der Waals surface area contributed by atoms with Crippen LogP contribution in [0.4, 0.5) is 4.39 Å². The van der Waals surface area contributed by atoms with Gasteiger partial charge in [0.2, 0.25) is 23.6 Å². The molecule has 4 heterocycles. The molecule has 0 saturated heterocycles. The van der Waals surface area contributed by atoms with Crippen molar-refractivity contribution >= 4 is 46.5 Å². The summed E-state index contributed by atoms with van der Waals surface area (Å²) in [6, 6.07) is -0.946. The highest BCUT2D eigenvalue weighted by atomic mass is 19.1. The molecule has 0 fully saturated rings. The lowest BCUT2D eigenvalue weighted by Crippen LogP contribution is -2.54. The number of pyridine rings is 2. The van der Waals surface area contributed by atoms with Crippen molar-refractivity contribution in [1.82, 2.24) is 30.8 Å². The molecule has 0 spiro atoms. The first-order valence-corrected chi connectivity index (χ1v) is 18.2. The smallest absolute Gasteiger partial charge is 0.343 e. The quantitative estimate of drug-likeness (QED) is 0.113. The molecule has 0 unspecified atom stereocenters. The molecule has 55 heavy (non-hydrogen) atoms. The highest BCUT2D eigenvalue weighted by molar-refractivity contribution is 5.96. The maximum absolute atomic E-state index is 15.3. The van der Waals surface area contributed by atoms with Crippen molar-refractivity contribution in [2.24, 2.45) is 0 Å². The third-order valence-electron chi connectivity index (χ3n) is 10.8. The highest BCUT2D eigenvalue weighted by Crippen LogP contribution is 2.46. The van der Waals surface area contributed by atoms with Crippen LogP contribution in [0.3, 0.4) is 0 Å². The normalized spacial score (nSPS) is 19.5. The largest absolute Gasteiger partial charge is 0.481 e. The van der Waals surface area contributed by atoms with E-state index in [9.17, 15) is 38.7 Å². The summed E-state index contributed by atoms with van der Waals surface area (Å²) in [6.45, 7) is 7.33. The molecule has 292 valence electrons. The third kappa shape index (κ3) is 7.03. The molecular formula is C38H43FN6O10. The van der Waals surface area contributed by atoms with Gasteiger partial charge in [0.1, 0.15) is 30.5 Å². The first kappa shape index (κ1) is 39.0. The molecule has 0 saturated carbocycles. The number of amides is 4. The maximum atomic E-state index is 15.3. The fourth-order valence-electron chi connectivity index (χ4n) is 7.58. The van der Waals surface area contributed by atoms with Gasteiger partial charge in [0.05, 0.1) is 35.1 Å². The van der Waals surface area contributed by atoms with Crippen LogP contribution in [0.5, 0.6) is 0 Å². The van der Waals surface area contributed by atoms with Gasteiger partial charge in [-0.2, -0.15) is 0 Å². The monoisotopic (exact) mass is 762 g/mol. The third-order valence-corrected chi connectivity index (χ3v) is 10.8. The van der Waals surface area contributed by atoms with E-state index in [-0.39, 0.29) is 50.0 Å². The van der Waals surface area contributed by atoms with Gasteiger partial charge >= 0.3 is 11.9 Å². The number of fused-ring (bicyclic) bond motifs is 5. The zero-order chi connectivity index (χ0) is 40.1. The molecule has 1 aromatic carbocycles. The Bertz CT molecular complexity index is 2240. The van der Waals surface area contributed by atoms with E-state index < -0.39 is 76.7 Å². The molecule has 5 atom stereocenters. The van der Waals surface area contributed by atoms with Crippen LogP contribution >= 0.6 is 0 Å². The number of carboxylic acid groups (broad SMARTS) is 1. The second kappa shape index (κ2) is 14.8. The second-order valence-electron chi connectivity index (χ2n) is 14.4. The van der Waals surface area contributed by atoms with Crippen LogP contribution in [-0.2, 0) is 58.7 Å². The van der Waals surface area contributed by atoms with Gasteiger partial charge < -0.3 is 40.8 Å². The van der Waals surface area contributed by atoms with Gasteiger partial charge in [0.25, 0.3) is 5.56 Å². The van der Waals surface area contributed by atoms with Gasteiger partial charge in [-0.3, -0.25) is 28.8 Å². The van der Waals surface area contributed by atoms with Crippen LogP contribution in [0.2, 0.25) is 0 Å². The summed E-state index contributed by atoms with van der Waals surface area (Å²) in [5, 5.41) is 31.3. The van der Waals surface area contributed by atoms with Crippen LogP contribution in [0.25, 0.3) is 22.3 Å². The number of hydrogen-bond donors (Lipinski definition) is 6. The number of nitrogens with zero attached hydrogens (tertiary/aromatic N) is 2. The number of carboxylic acids is 1. The summed E-state index contributed by atoms with van der Waals surface area (Å²) in [7, 11) is 0. The van der Waals surface area contributed by atoms with Crippen molar-refractivity contribution in [3.63, 3.8) is 0 Å². The Morgan fingerprint density at radius 2 is 1.64 bits per heavy atom. The van der Waals surface area contributed by atoms with E-state index in [0.29, 0.717) is 51.8 Å². The second-order valence-corrected chi connectivity index (χ2v) is 14.4. The number of carbonyl (C=O) groups excluding carboxylic acids is 5.